The average molecular weight is 401 g/mol. The van der Waals surface area contributed by atoms with Crippen LogP contribution in [-0.2, 0) is 16.3 Å². The van der Waals surface area contributed by atoms with Crippen molar-refractivity contribution in [3.05, 3.63) is 24.3 Å². The molecule has 0 radical (unpaired) electrons. The van der Waals surface area contributed by atoms with E-state index >= 15 is 0 Å². The molecule has 0 aromatic heterocycles. The van der Waals surface area contributed by atoms with Gasteiger partial charge in [0.1, 0.15) is 0 Å². The molecular weight excluding hydrogens is 375 g/mol. The third kappa shape index (κ3) is 14.6. The monoisotopic (exact) mass is 400 g/mol. The second-order valence-corrected chi connectivity index (χ2v) is 4.72. The first-order valence-electron chi connectivity index (χ1n) is 7.23. The molecule has 18 heavy (non-hydrogen) atoms. The predicted molar refractivity (Wildman–Crippen MR) is 80.0 cm³/mol. The Morgan fingerprint density at radius 3 is 1.44 bits per heavy atom. The molecule has 106 valence electrons. The van der Waals surface area contributed by atoms with Crippen molar-refractivity contribution in [1.82, 2.24) is 0 Å². The van der Waals surface area contributed by atoms with Crippen LogP contribution in [0, 0.1) is 12.2 Å². The van der Waals surface area contributed by atoms with E-state index in [0.717, 1.165) is 0 Å². The van der Waals surface area contributed by atoms with Gasteiger partial charge in [0, 0.05) is 0 Å². The quantitative estimate of drug-likeness (QED) is 0.333. The molecule has 2 rings (SSSR count). The van der Waals surface area contributed by atoms with Crippen LogP contribution in [0.3, 0.4) is 0 Å². The molecule has 0 N–H and O–H groups in total. The minimum atomic E-state index is 1.19. The standard InChI is InChI=1S/2C8H13.BrH.Rh/c2*1-2-4-6-8-7-5-3-1;;/h2*1H,2,4-8H2;1H;/q2*-1;;+3/p-1. The minimum Gasteiger partial charge on any atom is -0.501 e. The van der Waals surface area contributed by atoms with Gasteiger partial charge in [-0.25, -0.2) is 0 Å². The maximum Gasteiger partial charge on any atom is -0.0525 e. The fourth-order valence-electron chi connectivity index (χ4n) is 2.06. The van der Waals surface area contributed by atoms with Gasteiger partial charge in [0.2, 0.25) is 0 Å². The molecule has 2 aliphatic carbocycles. The summed E-state index contributed by atoms with van der Waals surface area (Å²) >= 11 is 5.19. The maximum atomic E-state index is 3.26. The fourth-order valence-corrected chi connectivity index (χ4v) is 2.06. The Morgan fingerprint density at radius 1 is 0.611 bits per heavy atom. The molecule has 0 aliphatic heterocycles. The van der Waals surface area contributed by atoms with E-state index in [0.29, 0.717) is 0 Å². The largest absolute Gasteiger partial charge is 0.501 e. The summed E-state index contributed by atoms with van der Waals surface area (Å²) in [5.74, 6) is 0. The molecule has 0 aromatic rings. The van der Waals surface area contributed by atoms with E-state index in [1.807, 2.05) is 0 Å². The predicted octanol–water partition coefficient (Wildman–Crippen LogP) is 6.24. The van der Waals surface area contributed by atoms with Crippen LogP contribution in [0.1, 0.15) is 77.0 Å². The van der Waals surface area contributed by atoms with Gasteiger partial charge in [-0.1, -0.05) is 64.2 Å². The van der Waals surface area contributed by atoms with Crippen molar-refractivity contribution in [2.75, 3.05) is 0 Å². The summed E-state index contributed by atoms with van der Waals surface area (Å²) in [4.78, 5) is 0. The Hall–Kier alpha value is 0.583. The van der Waals surface area contributed by atoms with E-state index in [1.165, 1.54) is 77.0 Å². The van der Waals surface area contributed by atoms with Gasteiger partial charge in [0.05, 0.1) is 0 Å². The third-order valence-corrected chi connectivity index (χ3v) is 3.13. The van der Waals surface area contributed by atoms with Gasteiger partial charge in [-0.15, -0.1) is 0 Å². The van der Waals surface area contributed by atoms with E-state index in [-0.39, 0.29) is 0 Å². The fraction of sp³-hybridized carbons (Fsp3) is 0.750. The molecule has 2 heteroatoms. The van der Waals surface area contributed by atoms with Crippen LogP contribution >= 0.6 is 13.6 Å². The molecule has 0 unspecified atom stereocenters. The van der Waals surface area contributed by atoms with Gasteiger partial charge >= 0.3 is 30.0 Å². The van der Waals surface area contributed by atoms with Crippen molar-refractivity contribution >= 4 is 13.6 Å². The van der Waals surface area contributed by atoms with Gasteiger partial charge in [0.25, 0.3) is 0 Å². The summed E-state index contributed by atoms with van der Waals surface area (Å²) in [5, 5.41) is 0. The first-order valence-corrected chi connectivity index (χ1v) is 11.0. The van der Waals surface area contributed by atoms with Crippen LogP contribution in [-0.4, -0.2) is 0 Å². The molecule has 0 spiro atoms. The molecule has 0 saturated heterocycles. The van der Waals surface area contributed by atoms with E-state index in [4.69, 9.17) is 0 Å². The van der Waals surface area contributed by atoms with Gasteiger partial charge in [0.15, 0.2) is 0 Å². The summed E-state index contributed by atoms with van der Waals surface area (Å²) in [5.41, 5.74) is 0. The number of hydrogen-bond donors (Lipinski definition) is 0. The Kier molecular flexibility index (Phi) is 18.2. The summed E-state index contributed by atoms with van der Waals surface area (Å²) in [6, 6.07) is 0. The zero-order valence-corrected chi connectivity index (χ0v) is 14.6. The van der Waals surface area contributed by atoms with Gasteiger partial charge in [-0.05, 0) is 0 Å². The maximum absolute atomic E-state index is 3.26. The first-order chi connectivity index (χ1) is 9.00. The molecule has 0 atom stereocenters. The van der Waals surface area contributed by atoms with Crippen LogP contribution < -0.4 is 0 Å². The first kappa shape index (κ1) is 18.6. The molecule has 0 fully saturated rings. The number of rotatable bonds is 0. The number of hydrogen-bond acceptors (Lipinski definition) is 0. The zero-order chi connectivity index (χ0) is 13.3. The van der Waals surface area contributed by atoms with E-state index < -0.39 is 0 Å². The van der Waals surface area contributed by atoms with E-state index in [9.17, 15) is 0 Å². The van der Waals surface area contributed by atoms with Crippen LogP contribution in [0.15, 0.2) is 12.2 Å². The molecule has 0 saturated carbocycles. The van der Waals surface area contributed by atoms with E-state index in [2.05, 4.69) is 54.3 Å². The smallest absolute Gasteiger partial charge is 0.0525 e. The molecule has 0 bridgehead atoms. The minimum absolute atomic E-state index is 1.19. The second kappa shape index (κ2) is 17.6. The summed E-state index contributed by atoms with van der Waals surface area (Å²) in [7, 11) is 0. The van der Waals surface area contributed by atoms with Crippen molar-refractivity contribution in [1.29, 1.82) is 0 Å². The van der Waals surface area contributed by atoms with Crippen molar-refractivity contribution in [3.63, 3.8) is 0 Å². The van der Waals surface area contributed by atoms with Crippen LogP contribution in [0.5, 0.6) is 0 Å². The normalized spacial score (nSPS) is 19.9. The Labute approximate surface area is 131 Å². The molecule has 0 amide bonds. The van der Waals surface area contributed by atoms with Crippen LogP contribution in [0.25, 0.3) is 0 Å². The van der Waals surface area contributed by atoms with Crippen molar-refractivity contribution in [2.45, 2.75) is 77.0 Å². The Morgan fingerprint density at radius 2 is 1.00 bits per heavy atom. The average Bonchev–Trinajstić information content (AvgIpc) is 2.30. The van der Waals surface area contributed by atoms with Gasteiger partial charge in [-0.3, -0.25) is 12.2 Å². The zero-order valence-electron chi connectivity index (χ0n) is 11.4. The van der Waals surface area contributed by atoms with E-state index in [1.54, 1.807) is 0 Å². The molecule has 0 nitrogen and oxygen atoms in total. The van der Waals surface area contributed by atoms with Gasteiger partial charge in [-0.2, -0.15) is 12.8 Å². The molecule has 0 heterocycles. The Balaban J connectivity index is 0.000000283. The van der Waals surface area contributed by atoms with Crippen LogP contribution in [0.2, 0.25) is 0 Å². The van der Waals surface area contributed by atoms with Crippen molar-refractivity contribution in [3.8, 4) is 0 Å². The van der Waals surface area contributed by atoms with Crippen molar-refractivity contribution in [2.24, 2.45) is 0 Å². The summed E-state index contributed by atoms with van der Waals surface area (Å²) in [6.07, 6.45) is 27.0. The SMILES string of the molecule is [Br][Rh+2].[C-]1=CCCCCCC1.[C-]1=CCCCCCC1. The second-order valence-electron chi connectivity index (χ2n) is 4.72. The Bertz CT molecular complexity index is 157. The molecule has 0 aromatic carbocycles. The molecular formula is C16H26BrRh. The molecule has 2 aliphatic rings. The van der Waals surface area contributed by atoms with Crippen molar-refractivity contribution < 1.29 is 16.3 Å². The summed E-state index contributed by atoms with van der Waals surface area (Å²) in [6.45, 7) is 0. The number of halogens is 1. The topological polar surface area (TPSA) is 0 Å². The third-order valence-electron chi connectivity index (χ3n) is 3.13. The van der Waals surface area contributed by atoms with Gasteiger partial charge < -0.3 is 12.2 Å². The van der Waals surface area contributed by atoms with Crippen LogP contribution in [0.4, 0.5) is 0 Å². The number of allylic oxidation sites excluding steroid dienone is 4. The summed E-state index contributed by atoms with van der Waals surface area (Å²) < 4.78 is 0.